The molecule has 16 heavy (non-hydrogen) atoms. The van der Waals surface area contributed by atoms with Crippen LogP contribution in [0.25, 0.3) is 0 Å². The van der Waals surface area contributed by atoms with E-state index in [0.29, 0.717) is 0 Å². The minimum atomic E-state index is -0.210. The summed E-state index contributed by atoms with van der Waals surface area (Å²) in [6.45, 7) is 2.08. The van der Waals surface area contributed by atoms with Gasteiger partial charge in [-0.25, -0.2) is 4.39 Å². The Morgan fingerprint density at radius 2 is 1.56 bits per heavy atom. The van der Waals surface area contributed by atoms with E-state index in [4.69, 9.17) is 0 Å². The van der Waals surface area contributed by atoms with Gasteiger partial charge in [0.2, 0.25) is 0 Å². The number of anilines is 1. The molecule has 2 aromatic carbocycles. The zero-order valence-corrected chi connectivity index (χ0v) is 9.15. The van der Waals surface area contributed by atoms with Gasteiger partial charge in [0.25, 0.3) is 0 Å². The van der Waals surface area contributed by atoms with E-state index in [1.807, 2.05) is 18.2 Å². The van der Waals surface area contributed by atoms with Gasteiger partial charge in [0.1, 0.15) is 5.82 Å². The first-order valence-electron chi connectivity index (χ1n) is 5.33. The Bertz CT molecular complexity index is 436. The number of halogens is 1. The highest BCUT2D eigenvalue weighted by atomic mass is 19.1. The van der Waals surface area contributed by atoms with Crippen molar-refractivity contribution in [2.45, 2.75) is 13.0 Å². The van der Waals surface area contributed by atoms with E-state index in [1.165, 1.54) is 17.7 Å². The van der Waals surface area contributed by atoms with Gasteiger partial charge in [-0.2, -0.15) is 0 Å². The van der Waals surface area contributed by atoms with Gasteiger partial charge in [-0.1, -0.05) is 30.3 Å². The van der Waals surface area contributed by atoms with Crippen molar-refractivity contribution >= 4 is 5.69 Å². The van der Waals surface area contributed by atoms with E-state index in [1.54, 1.807) is 12.1 Å². The lowest BCUT2D eigenvalue weighted by Gasteiger charge is -2.15. The average molecular weight is 215 g/mol. The molecule has 1 atom stereocenters. The van der Waals surface area contributed by atoms with Crippen molar-refractivity contribution in [1.29, 1.82) is 0 Å². The fraction of sp³-hybridized carbons (Fsp3) is 0.143. The number of rotatable bonds is 3. The molecule has 0 heterocycles. The summed E-state index contributed by atoms with van der Waals surface area (Å²) < 4.78 is 12.7. The monoisotopic (exact) mass is 215 g/mol. The van der Waals surface area contributed by atoms with Crippen molar-refractivity contribution < 1.29 is 4.39 Å². The van der Waals surface area contributed by atoms with Crippen molar-refractivity contribution in [3.8, 4) is 0 Å². The first-order chi connectivity index (χ1) is 7.75. The minimum absolute atomic E-state index is 0.210. The lowest BCUT2D eigenvalue weighted by atomic mass is 10.1. The molecule has 1 unspecified atom stereocenters. The first-order valence-corrected chi connectivity index (χ1v) is 5.33. The van der Waals surface area contributed by atoms with Gasteiger partial charge >= 0.3 is 0 Å². The molecule has 0 aliphatic heterocycles. The van der Waals surface area contributed by atoms with Gasteiger partial charge in [0.05, 0.1) is 0 Å². The van der Waals surface area contributed by atoms with E-state index in [0.717, 1.165) is 5.69 Å². The van der Waals surface area contributed by atoms with Crippen molar-refractivity contribution in [3.05, 3.63) is 66.0 Å². The summed E-state index contributed by atoms with van der Waals surface area (Å²) in [4.78, 5) is 0. The van der Waals surface area contributed by atoms with Crippen LogP contribution in [0.3, 0.4) is 0 Å². The van der Waals surface area contributed by atoms with Gasteiger partial charge < -0.3 is 5.32 Å². The summed E-state index contributed by atoms with van der Waals surface area (Å²) in [6, 6.07) is 16.8. The predicted molar refractivity (Wildman–Crippen MR) is 64.9 cm³/mol. The summed E-state index contributed by atoms with van der Waals surface area (Å²) in [5.74, 6) is -0.210. The Kier molecular flexibility index (Phi) is 3.20. The molecular formula is C14H14FN. The number of hydrogen-bond acceptors (Lipinski definition) is 1. The Hall–Kier alpha value is -1.83. The highest BCUT2D eigenvalue weighted by Crippen LogP contribution is 2.18. The molecule has 0 bridgehead atoms. The summed E-state index contributed by atoms with van der Waals surface area (Å²) in [7, 11) is 0. The SMILES string of the molecule is CC(Nc1ccc(F)cc1)c1ccccc1. The molecule has 0 aliphatic rings. The van der Waals surface area contributed by atoms with E-state index in [2.05, 4.69) is 24.4 Å². The maximum Gasteiger partial charge on any atom is 0.123 e. The van der Waals surface area contributed by atoms with Gasteiger partial charge in [-0.05, 0) is 36.8 Å². The molecule has 0 radical (unpaired) electrons. The van der Waals surface area contributed by atoms with Crippen LogP contribution in [-0.2, 0) is 0 Å². The molecule has 0 amide bonds. The second-order valence-electron chi connectivity index (χ2n) is 3.78. The molecular weight excluding hydrogens is 201 g/mol. The summed E-state index contributed by atoms with van der Waals surface area (Å²) >= 11 is 0. The van der Waals surface area contributed by atoms with Crippen LogP contribution in [0.2, 0.25) is 0 Å². The lowest BCUT2D eigenvalue weighted by Crippen LogP contribution is -2.06. The second kappa shape index (κ2) is 4.79. The second-order valence-corrected chi connectivity index (χ2v) is 3.78. The average Bonchev–Trinajstić information content (AvgIpc) is 2.33. The third-order valence-electron chi connectivity index (χ3n) is 2.53. The topological polar surface area (TPSA) is 12.0 Å². The number of nitrogens with one attached hydrogen (secondary N) is 1. The molecule has 2 rings (SSSR count). The molecule has 0 aromatic heterocycles. The standard InChI is InChI=1S/C14H14FN/c1-11(12-5-3-2-4-6-12)16-14-9-7-13(15)8-10-14/h2-11,16H,1H3. The predicted octanol–water partition coefficient (Wildman–Crippen LogP) is 4.00. The molecule has 0 spiro atoms. The lowest BCUT2D eigenvalue weighted by molar-refractivity contribution is 0.628. The maximum absolute atomic E-state index is 12.7. The fourth-order valence-corrected chi connectivity index (χ4v) is 1.62. The maximum atomic E-state index is 12.7. The molecule has 1 N–H and O–H groups in total. The quantitative estimate of drug-likeness (QED) is 0.816. The molecule has 2 heteroatoms. The summed E-state index contributed by atoms with van der Waals surface area (Å²) in [5.41, 5.74) is 2.14. The van der Waals surface area contributed by atoms with E-state index in [9.17, 15) is 4.39 Å². The van der Waals surface area contributed by atoms with Crippen LogP contribution in [0.15, 0.2) is 54.6 Å². The van der Waals surface area contributed by atoms with Crippen molar-refractivity contribution in [1.82, 2.24) is 0 Å². The largest absolute Gasteiger partial charge is 0.379 e. The fourth-order valence-electron chi connectivity index (χ4n) is 1.62. The Balaban J connectivity index is 2.08. The summed E-state index contributed by atoms with van der Waals surface area (Å²) in [6.07, 6.45) is 0. The molecule has 0 aliphatic carbocycles. The molecule has 0 saturated carbocycles. The first kappa shape index (κ1) is 10.7. The normalized spacial score (nSPS) is 12.1. The third-order valence-corrected chi connectivity index (χ3v) is 2.53. The summed E-state index contributed by atoms with van der Waals surface area (Å²) in [5, 5.41) is 3.32. The van der Waals surface area contributed by atoms with Crippen molar-refractivity contribution in [2.75, 3.05) is 5.32 Å². The van der Waals surface area contributed by atoms with Gasteiger partial charge in [-0.3, -0.25) is 0 Å². The van der Waals surface area contributed by atoms with Gasteiger partial charge in [-0.15, -0.1) is 0 Å². The van der Waals surface area contributed by atoms with Crippen LogP contribution in [-0.4, -0.2) is 0 Å². The molecule has 0 saturated heterocycles. The van der Waals surface area contributed by atoms with Crippen LogP contribution < -0.4 is 5.32 Å². The zero-order valence-electron chi connectivity index (χ0n) is 9.15. The van der Waals surface area contributed by atoms with E-state index < -0.39 is 0 Å². The minimum Gasteiger partial charge on any atom is -0.379 e. The Morgan fingerprint density at radius 3 is 2.19 bits per heavy atom. The molecule has 2 aromatic rings. The molecule has 1 nitrogen and oxygen atoms in total. The number of benzene rings is 2. The van der Waals surface area contributed by atoms with Crippen LogP contribution >= 0.6 is 0 Å². The third kappa shape index (κ3) is 2.60. The Labute approximate surface area is 94.9 Å². The van der Waals surface area contributed by atoms with Crippen LogP contribution in [0, 0.1) is 5.82 Å². The smallest absolute Gasteiger partial charge is 0.123 e. The van der Waals surface area contributed by atoms with Crippen molar-refractivity contribution in [3.63, 3.8) is 0 Å². The van der Waals surface area contributed by atoms with Crippen LogP contribution in [0.4, 0.5) is 10.1 Å². The Morgan fingerprint density at radius 1 is 0.938 bits per heavy atom. The highest BCUT2D eigenvalue weighted by molar-refractivity contribution is 5.45. The molecule has 0 fully saturated rings. The van der Waals surface area contributed by atoms with E-state index >= 15 is 0 Å². The van der Waals surface area contributed by atoms with Crippen molar-refractivity contribution in [2.24, 2.45) is 0 Å². The molecule has 82 valence electrons. The highest BCUT2D eigenvalue weighted by Gasteiger charge is 2.03. The van der Waals surface area contributed by atoms with E-state index in [-0.39, 0.29) is 11.9 Å². The van der Waals surface area contributed by atoms with Gasteiger partial charge in [0, 0.05) is 11.7 Å². The van der Waals surface area contributed by atoms with Gasteiger partial charge in [0.15, 0.2) is 0 Å². The number of hydrogen-bond donors (Lipinski definition) is 1. The zero-order chi connectivity index (χ0) is 11.4. The van der Waals surface area contributed by atoms with Crippen LogP contribution in [0.5, 0.6) is 0 Å². The van der Waals surface area contributed by atoms with Crippen LogP contribution in [0.1, 0.15) is 18.5 Å².